The summed E-state index contributed by atoms with van der Waals surface area (Å²) in [7, 11) is 1.67. The minimum atomic E-state index is -1.25. The largest absolute Gasteiger partial charge is 0.529 e. The van der Waals surface area contributed by atoms with Crippen LogP contribution in [0.2, 0.25) is 0 Å². The molecule has 3 aromatic carbocycles. The van der Waals surface area contributed by atoms with Gasteiger partial charge in [-0.25, -0.2) is 0 Å². The van der Waals surface area contributed by atoms with Crippen molar-refractivity contribution < 1.29 is 14.6 Å². The van der Waals surface area contributed by atoms with Gasteiger partial charge in [0.05, 0.1) is 7.11 Å². The van der Waals surface area contributed by atoms with Crippen LogP contribution in [0.1, 0.15) is 0 Å². The summed E-state index contributed by atoms with van der Waals surface area (Å²) in [6.07, 6.45) is -1.25. The molecule has 6 nitrogen and oxygen atoms in total. The van der Waals surface area contributed by atoms with Crippen molar-refractivity contribution in [2.75, 3.05) is 48.0 Å². The maximum absolute atomic E-state index is 11.7. The number of methoxy groups -OCH3 is 1. The number of piperazine rings is 1. The average molecular weight is 402 g/mol. The van der Waals surface area contributed by atoms with Crippen molar-refractivity contribution >= 4 is 28.8 Å². The topological polar surface area (TPSA) is 59.1 Å². The van der Waals surface area contributed by atoms with E-state index in [0.717, 1.165) is 37.6 Å². The fourth-order valence-electron chi connectivity index (χ4n) is 3.77. The van der Waals surface area contributed by atoms with Gasteiger partial charge in [0.2, 0.25) is 0 Å². The second-order valence-electron chi connectivity index (χ2n) is 7.13. The molecule has 1 fully saturated rings. The summed E-state index contributed by atoms with van der Waals surface area (Å²) < 4.78 is 5.23. The lowest BCUT2D eigenvalue weighted by atomic mass is 10.2. The minimum Gasteiger partial charge on any atom is -0.529 e. The molecule has 4 rings (SSSR count). The monoisotopic (exact) mass is 402 g/mol. The summed E-state index contributed by atoms with van der Waals surface area (Å²) in [4.78, 5) is 17.5. The van der Waals surface area contributed by atoms with Crippen molar-refractivity contribution in [3.63, 3.8) is 0 Å². The second kappa shape index (κ2) is 8.78. The van der Waals surface area contributed by atoms with Gasteiger partial charge in [0.15, 0.2) is 0 Å². The van der Waals surface area contributed by atoms with Gasteiger partial charge in [-0.2, -0.15) is 0 Å². The van der Waals surface area contributed by atoms with E-state index in [-0.39, 0.29) is 0 Å². The maximum Gasteiger partial charge on any atom is 0.146 e. The number of carbonyl (C=O) groups is 1. The highest BCUT2D eigenvalue weighted by Gasteiger charge is 2.18. The molecule has 0 atom stereocenters. The molecule has 1 saturated heterocycles. The van der Waals surface area contributed by atoms with Crippen molar-refractivity contribution in [2.24, 2.45) is 0 Å². The first kappa shape index (κ1) is 19.6. The molecule has 0 aliphatic carbocycles. The van der Waals surface area contributed by atoms with E-state index in [2.05, 4.69) is 21.9 Å². The Hall–Kier alpha value is -3.67. The molecule has 1 aliphatic heterocycles. The smallest absolute Gasteiger partial charge is 0.146 e. The van der Waals surface area contributed by atoms with Crippen LogP contribution < -0.4 is 24.5 Å². The summed E-state index contributed by atoms with van der Waals surface area (Å²) in [5.74, 6) is 0.860. The number of ether oxygens (including phenoxy) is 1. The number of carbonyl (C=O) groups excluding carboxylic acids is 1. The molecule has 1 aliphatic rings. The summed E-state index contributed by atoms with van der Waals surface area (Å²) in [5.41, 5.74) is 3.41. The van der Waals surface area contributed by atoms with E-state index in [9.17, 15) is 9.90 Å². The predicted molar refractivity (Wildman–Crippen MR) is 118 cm³/mol. The van der Waals surface area contributed by atoms with Crippen molar-refractivity contribution in [2.45, 2.75) is 0 Å². The quantitative estimate of drug-likeness (QED) is 0.654. The van der Waals surface area contributed by atoms with Crippen LogP contribution in [0, 0.1) is 0 Å². The molecule has 0 N–H and O–H groups in total. The summed E-state index contributed by atoms with van der Waals surface area (Å²) in [5, 5.41) is 11.7. The average Bonchev–Trinajstić information content (AvgIpc) is 2.80. The van der Waals surface area contributed by atoms with Crippen molar-refractivity contribution in [1.82, 2.24) is 0 Å². The zero-order chi connectivity index (χ0) is 20.9. The molecule has 3 aromatic rings. The van der Waals surface area contributed by atoms with Crippen LogP contribution in [-0.2, 0) is 0 Å². The third kappa shape index (κ3) is 4.17. The molecule has 0 unspecified atom stereocenters. The Bertz CT molecular complexity index is 967. The number of anilines is 4. The Kier molecular flexibility index (Phi) is 5.75. The highest BCUT2D eigenvalue weighted by molar-refractivity contribution is 5.93. The standard InChI is InChI=1S/C24H25N3O3/c1-30-23-13-11-20(12-14-23)26-17-15-25(16-18-26)19-7-9-22(10-8-19)27(24(28)29)21-5-3-2-4-6-21/h2-14H,15-18H2,1H3,(H,28,29)/p-1. The zero-order valence-corrected chi connectivity index (χ0v) is 16.9. The zero-order valence-electron chi connectivity index (χ0n) is 16.9. The summed E-state index contributed by atoms with van der Waals surface area (Å²) in [6, 6.07) is 24.7. The van der Waals surface area contributed by atoms with E-state index in [4.69, 9.17) is 4.74 Å². The number of rotatable bonds is 5. The summed E-state index contributed by atoms with van der Waals surface area (Å²) in [6.45, 7) is 3.63. The Balaban J connectivity index is 1.43. The Morgan fingerprint density at radius 2 is 1.23 bits per heavy atom. The highest BCUT2D eigenvalue weighted by atomic mass is 16.5. The van der Waals surface area contributed by atoms with Gasteiger partial charge in [-0.15, -0.1) is 0 Å². The molecule has 1 amide bonds. The molecule has 0 bridgehead atoms. The number of nitrogens with zero attached hydrogens (tertiary/aromatic N) is 3. The number of benzene rings is 3. The number of hydrogen-bond donors (Lipinski definition) is 0. The molecule has 6 heteroatoms. The van der Waals surface area contributed by atoms with Gasteiger partial charge in [0, 0.05) is 48.9 Å². The number of para-hydroxylation sites is 1. The van der Waals surface area contributed by atoms with Crippen LogP contribution in [0.5, 0.6) is 5.75 Å². The fraction of sp³-hybridized carbons (Fsp3) is 0.208. The van der Waals surface area contributed by atoms with Gasteiger partial charge in [0.1, 0.15) is 11.8 Å². The van der Waals surface area contributed by atoms with Crippen LogP contribution in [0.25, 0.3) is 0 Å². The Morgan fingerprint density at radius 1 is 0.767 bits per heavy atom. The van der Waals surface area contributed by atoms with E-state index < -0.39 is 6.09 Å². The molecule has 30 heavy (non-hydrogen) atoms. The first-order valence-corrected chi connectivity index (χ1v) is 9.96. The first-order chi connectivity index (χ1) is 14.7. The van der Waals surface area contributed by atoms with E-state index >= 15 is 0 Å². The lowest BCUT2D eigenvalue weighted by molar-refractivity contribution is -0.245. The van der Waals surface area contributed by atoms with Crippen LogP contribution >= 0.6 is 0 Å². The normalized spacial score (nSPS) is 13.8. The third-order valence-corrected chi connectivity index (χ3v) is 5.39. The van der Waals surface area contributed by atoms with Gasteiger partial charge in [-0.3, -0.25) is 4.90 Å². The van der Waals surface area contributed by atoms with Crippen molar-refractivity contribution in [1.29, 1.82) is 0 Å². The van der Waals surface area contributed by atoms with Crippen molar-refractivity contribution in [3.05, 3.63) is 78.9 Å². The van der Waals surface area contributed by atoms with Gasteiger partial charge < -0.3 is 24.4 Å². The second-order valence-corrected chi connectivity index (χ2v) is 7.13. The molecule has 0 aromatic heterocycles. The lowest BCUT2D eigenvalue weighted by Crippen LogP contribution is -2.46. The fourth-order valence-corrected chi connectivity index (χ4v) is 3.77. The highest BCUT2D eigenvalue weighted by Crippen LogP contribution is 2.28. The van der Waals surface area contributed by atoms with E-state index in [1.807, 2.05) is 54.6 Å². The van der Waals surface area contributed by atoms with Crippen LogP contribution in [0.15, 0.2) is 78.9 Å². The van der Waals surface area contributed by atoms with Crippen LogP contribution in [0.4, 0.5) is 27.5 Å². The maximum atomic E-state index is 11.7. The molecule has 0 spiro atoms. The third-order valence-electron chi connectivity index (χ3n) is 5.39. The van der Waals surface area contributed by atoms with Gasteiger partial charge >= 0.3 is 0 Å². The lowest BCUT2D eigenvalue weighted by Gasteiger charge is -2.37. The minimum absolute atomic E-state index is 0.568. The van der Waals surface area contributed by atoms with E-state index in [1.165, 1.54) is 10.6 Å². The molecule has 154 valence electrons. The molecular weight excluding hydrogens is 378 g/mol. The first-order valence-electron chi connectivity index (χ1n) is 9.96. The number of amides is 1. The SMILES string of the molecule is COc1ccc(N2CCN(c3ccc(N(C(=O)[O-])c4ccccc4)cc3)CC2)cc1. The number of carboxylic acid groups (broad SMARTS) is 1. The molecule has 0 saturated carbocycles. The predicted octanol–water partition coefficient (Wildman–Crippen LogP) is 3.50. The van der Waals surface area contributed by atoms with Gasteiger partial charge in [-0.1, -0.05) is 18.2 Å². The van der Waals surface area contributed by atoms with Crippen LogP contribution in [-0.4, -0.2) is 39.4 Å². The Labute approximate surface area is 176 Å². The molecule has 1 heterocycles. The Morgan fingerprint density at radius 3 is 1.70 bits per heavy atom. The van der Waals surface area contributed by atoms with E-state index in [0.29, 0.717) is 11.4 Å². The van der Waals surface area contributed by atoms with Gasteiger partial charge in [0.25, 0.3) is 0 Å². The van der Waals surface area contributed by atoms with Crippen molar-refractivity contribution in [3.8, 4) is 5.75 Å². The van der Waals surface area contributed by atoms with Gasteiger partial charge in [-0.05, 0) is 60.7 Å². The van der Waals surface area contributed by atoms with E-state index in [1.54, 1.807) is 19.2 Å². The van der Waals surface area contributed by atoms with Crippen LogP contribution in [0.3, 0.4) is 0 Å². The number of hydrogen-bond acceptors (Lipinski definition) is 5. The molecule has 0 radical (unpaired) electrons. The molecular formula is C24H24N3O3-. The summed E-state index contributed by atoms with van der Waals surface area (Å²) >= 11 is 0.